The molecule has 1 aliphatic rings. The van der Waals surface area contributed by atoms with Crippen molar-refractivity contribution in [2.75, 3.05) is 7.11 Å². The van der Waals surface area contributed by atoms with E-state index in [0.29, 0.717) is 31.9 Å². The average molecular weight is 471 g/mol. The molecular formula is C27H22N2O4S. The molecule has 0 fully saturated rings. The van der Waals surface area contributed by atoms with Gasteiger partial charge >= 0.3 is 0 Å². The zero-order valence-electron chi connectivity index (χ0n) is 18.9. The highest BCUT2D eigenvalue weighted by Crippen LogP contribution is 2.40. The lowest BCUT2D eigenvalue weighted by Gasteiger charge is -2.27. The fourth-order valence-corrected chi connectivity index (χ4v) is 5.59. The first-order valence-corrected chi connectivity index (χ1v) is 11.6. The minimum atomic E-state index is -0.680. The van der Waals surface area contributed by atoms with Crippen molar-refractivity contribution in [3.63, 3.8) is 0 Å². The zero-order chi connectivity index (χ0) is 24.0. The number of fused-ring (bicyclic) bond motifs is 2. The first-order valence-electron chi connectivity index (χ1n) is 10.8. The fourth-order valence-electron chi connectivity index (χ4n) is 4.55. The maximum atomic E-state index is 13.7. The van der Waals surface area contributed by atoms with E-state index in [9.17, 15) is 14.7 Å². The first kappa shape index (κ1) is 21.9. The molecule has 2 heterocycles. The van der Waals surface area contributed by atoms with Crippen molar-refractivity contribution in [3.8, 4) is 11.5 Å². The monoisotopic (exact) mass is 470 g/mol. The summed E-state index contributed by atoms with van der Waals surface area (Å²) in [6.45, 7) is 3.30. The van der Waals surface area contributed by atoms with Crippen LogP contribution in [0.25, 0.3) is 16.8 Å². The van der Waals surface area contributed by atoms with Crippen molar-refractivity contribution >= 4 is 34.0 Å². The van der Waals surface area contributed by atoms with Crippen molar-refractivity contribution in [3.05, 3.63) is 103 Å². The number of hydrogen-bond acceptors (Lipinski definition) is 6. The number of ketones is 1. The van der Waals surface area contributed by atoms with Gasteiger partial charge < -0.3 is 9.84 Å². The van der Waals surface area contributed by atoms with Crippen LogP contribution in [0.1, 0.15) is 31.0 Å². The quantitative estimate of drug-likeness (QED) is 0.493. The number of hydrogen-bond donors (Lipinski definition) is 1. The number of allylic oxidation sites excluding steroid dienone is 2. The van der Waals surface area contributed by atoms with E-state index in [4.69, 9.17) is 4.74 Å². The third-order valence-electron chi connectivity index (χ3n) is 5.99. The van der Waals surface area contributed by atoms with Crippen LogP contribution in [-0.4, -0.2) is 22.6 Å². The molecular weight excluding hydrogens is 448 g/mol. The minimum Gasteiger partial charge on any atom is -0.508 e. The van der Waals surface area contributed by atoms with E-state index in [1.807, 2.05) is 42.5 Å². The van der Waals surface area contributed by atoms with Gasteiger partial charge in [-0.05, 0) is 54.5 Å². The molecule has 0 unspecified atom stereocenters. The second-order valence-corrected chi connectivity index (χ2v) is 9.14. The van der Waals surface area contributed by atoms with Gasteiger partial charge in [-0.25, -0.2) is 4.99 Å². The molecule has 6 nitrogen and oxygen atoms in total. The molecule has 0 amide bonds. The van der Waals surface area contributed by atoms with Gasteiger partial charge in [-0.3, -0.25) is 14.2 Å². The number of phenols is 1. The number of benzene rings is 3. The number of nitrogens with zero attached hydrogens (tertiary/aromatic N) is 2. The Balaban J connectivity index is 1.87. The van der Waals surface area contributed by atoms with Gasteiger partial charge in [-0.1, -0.05) is 53.8 Å². The Morgan fingerprint density at radius 3 is 2.68 bits per heavy atom. The lowest BCUT2D eigenvalue weighted by Crippen LogP contribution is -2.39. The zero-order valence-corrected chi connectivity index (χ0v) is 19.7. The summed E-state index contributed by atoms with van der Waals surface area (Å²) in [6, 6.07) is 17.7. The predicted octanol–water partition coefficient (Wildman–Crippen LogP) is 3.69. The summed E-state index contributed by atoms with van der Waals surface area (Å²) < 4.78 is 7.78. The molecule has 5 rings (SSSR count). The van der Waals surface area contributed by atoms with Gasteiger partial charge in [0.1, 0.15) is 11.5 Å². The summed E-state index contributed by atoms with van der Waals surface area (Å²) in [5, 5.41) is 11.7. The van der Waals surface area contributed by atoms with Crippen molar-refractivity contribution < 1.29 is 14.6 Å². The predicted molar refractivity (Wildman–Crippen MR) is 133 cm³/mol. The Morgan fingerprint density at radius 2 is 1.94 bits per heavy atom. The van der Waals surface area contributed by atoms with E-state index in [1.54, 1.807) is 42.9 Å². The molecule has 3 aromatic carbocycles. The molecule has 1 aromatic heterocycles. The Morgan fingerprint density at radius 1 is 1.15 bits per heavy atom. The van der Waals surface area contributed by atoms with Crippen LogP contribution in [-0.2, 0) is 4.79 Å². The number of thiazole rings is 1. The van der Waals surface area contributed by atoms with Crippen LogP contribution >= 0.6 is 11.3 Å². The molecule has 0 bridgehead atoms. The van der Waals surface area contributed by atoms with Crippen LogP contribution in [0, 0.1) is 0 Å². The second-order valence-electron chi connectivity index (χ2n) is 8.14. The Labute approximate surface area is 199 Å². The normalized spacial score (nSPS) is 15.9. The standard InChI is InChI=1S/C27H22N2O4S/c1-15-23(16(2)30)25(24-20-10-5-4-8-18(20)11-12-21(24)33-3)29-26(32)22(34-27(29)28-15)14-17-7-6-9-19(31)13-17/h4-14,25,31H,1-3H3/b22-14+/t25-/m1/s1. The Kier molecular flexibility index (Phi) is 5.42. The molecule has 1 N–H and O–H groups in total. The highest BCUT2D eigenvalue weighted by molar-refractivity contribution is 7.07. The van der Waals surface area contributed by atoms with Gasteiger partial charge in [-0.2, -0.15) is 0 Å². The molecule has 4 aromatic rings. The largest absolute Gasteiger partial charge is 0.508 e. The average Bonchev–Trinajstić information content (AvgIpc) is 3.11. The second kappa shape index (κ2) is 8.43. The molecule has 0 saturated carbocycles. The molecule has 0 radical (unpaired) electrons. The van der Waals surface area contributed by atoms with E-state index in [-0.39, 0.29) is 17.1 Å². The summed E-state index contributed by atoms with van der Waals surface area (Å²) in [6.07, 6.45) is 1.73. The van der Waals surface area contributed by atoms with Gasteiger partial charge in [0, 0.05) is 16.8 Å². The number of ether oxygens (including phenoxy) is 1. The van der Waals surface area contributed by atoms with Gasteiger partial charge in [0.25, 0.3) is 5.56 Å². The van der Waals surface area contributed by atoms with Crippen molar-refractivity contribution in [2.45, 2.75) is 19.9 Å². The number of aromatic nitrogens is 1. The maximum absolute atomic E-state index is 13.7. The van der Waals surface area contributed by atoms with E-state index in [0.717, 1.165) is 16.3 Å². The van der Waals surface area contributed by atoms with Crippen LogP contribution in [0.2, 0.25) is 0 Å². The highest BCUT2D eigenvalue weighted by atomic mass is 32.1. The van der Waals surface area contributed by atoms with Crippen molar-refractivity contribution in [2.24, 2.45) is 4.99 Å². The molecule has 7 heteroatoms. The summed E-state index contributed by atoms with van der Waals surface area (Å²) >= 11 is 1.26. The number of carbonyl (C=O) groups is 1. The summed E-state index contributed by atoms with van der Waals surface area (Å²) in [5.41, 5.74) is 2.25. The SMILES string of the molecule is COc1ccc2ccccc2c1[C@H]1C(C(C)=O)=C(C)N=c2s/c(=C/c3cccc(O)c3)c(=O)n21. The van der Waals surface area contributed by atoms with E-state index >= 15 is 0 Å². The Hall–Kier alpha value is -3.97. The van der Waals surface area contributed by atoms with Crippen LogP contribution in [0.15, 0.2) is 81.7 Å². The topological polar surface area (TPSA) is 80.9 Å². The van der Waals surface area contributed by atoms with Crippen LogP contribution < -0.4 is 19.6 Å². The number of methoxy groups -OCH3 is 1. The van der Waals surface area contributed by atoms with E-state index in [1.165, 1.54) is 18.3 Å². The minimum absolute atomic E-state index is 0.120. The first-order chi connectivity index (χ1) is 16.4. The molecule has 170 valence electrons. The number of Topliss-reactive ketones (excluding diaryl/α,β-unsaturated/α-hetero) is 1. The van der Waals surface area contributed by atoms with Crippen LogP contribution in [0.4, 0.5) is 0 Å². The highest BCUT2D eigenvalue weighted by Gasteiger charge is 2.33. The van der Waals surface area contributed by atoms with Crippen molar-refractivity contribution in [1.82, 2.24) is 4.57 Å². The van der Waals surface area contributed by atoms with E-state index in [2.05, 4.69) is 4.99 Å². The molecule has 34 heavy (non-hydrogen) atoms. The smallest absolute Gasteiger partial charge is 0.271 e. The number of phenolic OH excluding ortho intramolecular Hbond substituents is 1. The Bertz CT molecular complexity index is 1680. The number of aromatic hydroxyl groups is 1. The van der Waals surface area contributed by atoms with Gasteiger partial charge in [0.05, 0.1) is 17.7 Å². The lowest BCUT2D eigenvalue weighted by atomic mass is 9.89. The van der Waals surface area contributed by atoms with Crippen LogP contribution in [0.5, 0.6) is 11.5 Å². The van der Waals surface area contributed by atoms with E-state index < -0.39 is 6.04 Å². The molecule has 0 spiro atoms. The third-order valence-corrected chi connectivity index (χ3v) is 6.98. The number of carbonyl (C=O) groups excluding carboxylic acids is 1. The van der Waals surface area contributed by atoms with Gasteiger partial charge in [-0.15, -0.1) is 0 Å². The summed E-state index contributed by atoms with van der Waals surface area (Å²) in [7, 11) is 1.59. The van der Waals surface area contributed by atoms with Gasteiger partial charge in [0.15, 0.2) is 10.6 Å². The third kappa shape index (κ3) is 3.54. The maximum Gasteiger partial charge on any atom is 0.271 e. The molecule has 1 aliphatic heterocycles. The molecule has 1 atom stereocenters. The molecule has 0 saturated heterocycles. The fraction of sp³-hybridized carbons (Fsp3) is 0.148. The van der Waals surface area contributed by atoms with Crippen LogP contribution in [0.3, 0.4) is 0 Å². The number of rotatable bonds is 4. The summed E-state index contributed by atoms with van der Waals surface area (Å²) in [4.78, 5) is 31.8. The van der Waals surface area contributed by atoms with Crippen molar-refractivity contribution in [1.29, 1.82) is 0 Å². The van der Waals surface area contributed by atoms with Gasteiger partial charge in [0.2, 0.25) is 0 Å². The lowest BCUT2D eigenvalue weighted by molar-refractivity contribution is -0.114. The molecule has 0 aliphatic carbocycles. The summed E-state index contributed by atoms with van der Waals surface area (Å²) in [5.74, 6) is 0.567.